The van der Waals surface area contributed by atoms with Crippen LogP contribution in [0.15, 0.2) is 0 Å². The minimum Gasteiger partial charge on any atom is -0.368 e. The van der Waals surface area contributed by atoms with Gasteiger partial charge in [0, 0.05) is 17.0 Å². The summed E-state index contributed by atoms with van der Waals surface area (Å²) in [5.41, 5.74) is -0.136. The van der Waals surface area contributed by atoms with Crippen molar-refractivity contribution in [2.24, 2.45) is 5.92 Å². The van der Waals surface area contributed by atoms with Crippen molar-refractivity contribution in [3.05, 3.63) is 0 Å². The van der Waals surface area contributed by atoms with Gasteiger partial charge >= 0.3 is 0 Å². The molecule has 0 spiro atoms. The van der Waals surface area contributed by atoms with E-state index in [1.165, 1.54) is 103 Å². The maximum Gasteiger partial charge on any atom is 0.246 e. The summed E-state index contributed by atoms with van der Waals surface area (Å²) in [6.07, 6.45) is 27.9. The van der Waals surface area contributed by atoms with E-state index in [1.807, 2.05) is 0 Å². The highest BCUT2D eigenvalue weighted by molar-refractivity contribution is 5.82. The molecule has 0 radical (unpaired) electrons. The van der Waals surface area contributed by atoms with Gasteiger partial charge in [-0.05, 0) is 44.9 Å². The molecule has 0 aromatic heterocycles. The van der Waals surface area contributed by atoms with E-state index >= 15 is 0 Å². The second-order valence-electron chi connectivity index (χ2n) is 12.6. The number of rotatable bonds is 6. The van der Waals surface area contributed by atoms with Crippen molar-refractivity contribution < 1.29 is 14.3 Å². The van der Waals surface area contributed by atoms with E-state index in [4.69, 9.17) is 4.74 Å². The second-order valence-corrected chi connectivity index (χ2v) is 12.6. The Morgan fingerprint density at radius 1 is 0.571 bits per heavy atom. The molecule has 0 aliphatic heterocycles. The largest absolute Gasteiger partial charge is 0.368 e. The molecule has 0 aromatic carbocycles. The van der Waals surface area contributed by atoms with Crippen molar-refractivity contribution in [1.29, 1.82) is 0 Å². The molecular weight excluding hydrogens is 436 g/mol. The molecule has 5 fully saturated rings. The van der Waals surface area contributed by atoms with Gasteiger partial charge in [0.1, 0.15) is 6.61 Å². The van der Waals surface area contributed by atoms with Crippen LogP contribution in [0.2, 0.25) is 0 Å². The fourth-order valence-corrected chi connectivity index (χ4v) is 7.31. The number of hydrogen-bond acceptors (Lipinski definition) is 3. The molecular formula is C30H52N2O3. The van der Waals surface area contributed by atoms with Gasteiger partial charge in [-0.2, -0.15) is 0 Å². The Labute approximate surface area is 214 Å². The summed E-state index contributed by atoms with van der Waals surface area (Å²) in [5.74, 6) is 0.490. The second kappa shape index (κ2) is 13.4. The lowest BCUT2D eigenvalue weighted by molar-refractivity contribution is -0.154. The van der Waals surface area contributed by atoms with Gasteiger partial charge in [-0.1, -0.05) is 103 Å². The first-order chi connectivity index (χ1) is 17.1. The summed E-state index contributed by atoms with van der Waals surface area (Å²) in [7, 11) is 0. The molecule has 2 amide bonds. The molecule has 5 aliphatic rings. The van der Waals surface area contributed by atoms with Crippen LogP contribution in [0.4, 0.5) is 0 Å². The average Bonchev–Trinajstić information content (AvgIpc) is 2.90. The summed E-state index contributed by atoms with van der Waals surface area (Å²) in [6.45, 7) is 0.188. The Morgan fingerprint density at radius 3 is 1.46 bits per heavy atom. The smallest absolute Gasteiger partial charge is 0.246 e. The third-order valence-electron chi connectivity index (χ3n) is 9.30. The number of carbonyl (C=O) groups excluding carboxylic acids is 2. The minimum atomic E-state index is -0.0871. The van der Waals surface area contributed by atoms with E-state index < -0.39 is 0 Å². The van der Waals surface area contributed by atoms with Crippen LogP contribution in [0.5, 0.6) is 0 Å². The fraction of sp³-hybridized carbons (Fsp3) is 0.933. The molecule has 2 N–H and O–H groups in total. The van der Waals surface area contributed by atoms with Gasteiger partial charge in [0.2, 0.25) is 11.8 Å². The van der Waals surface area contributed by atoms with Gasteiger partial charge < -0.3 is 15.4 Å². The Hall–Kier alpha value is -1.10. The van der Waals surface area contributed by atoms with E-state index in [-0.39, 0.29) is 41.5 Å². The van der Waals surface area contributed by atoms with Gasteiger partial charge in [0.15, 0.2) is 0 Å². The predicted molar refractivity (Wildman–Crippen MR) is 141 cm³/mol. The van der Waals surface area contributed by atoms with Crippen LogP contribution in [0.3, 0.4) is 0 Å². The highest BCUT2D eigenvalue weighted by Gasteiger charge is 2.69. The molecule has 5 aliphatic carbocycles. The summed E-state index contributed by atoms with van der Waals surface area (Å²) < 4.78 is 6.09. The molecule has 5 rings (SSSR count). The molecule has 5 nitrogen and oxygen atoms in total. The van der Waals surface area contributed by atoms with Crippen molar-refractivity contribution >= 4 is 11.8 Å². The van der Waals surface area contributed by atoms with E-state index in [2.05, 4.69) is 10.6 Å². The Kier molecular flexibility index (Phi) is 10.4. The number of ether oxygens (including phenoxy) is 1. The van der Waals surface area contributed by atoms with E-state index in [0.29, 0.717) is 0 Å². The standard InChI is InChI=1S/C30H52N2O3/c33-27(21-35-26-19-15-11-7-3-4-8-12-16-20-26)31-29-22-30(23-29,24-29)32-28(34)25-17-13-9-5-1-2-6-10-14-18-25/h25-26H,1-24H2,(H,31,33)(H,32,34). The van der Waals surface area contributed by atoms with Crippen LogP contribution in [0.1, 0.15) is 148 Å². The van der Waals surface area contributed by atoms with E-state index in [1.54, 1.807) is 0 Å². The number of carbonyl (C=O) groups is 2. The Morgan fingerprint density at radius 2 is 0.971 bits per heavy atom. The number of amides is 2. The zero-order valence-electron chi connectivity index (χ0n) is 22.4. The number of hydrogen-bond donors (Lipinski definition) is 2. The topological polar surface area (TPSA) is 67.4 Å². The van der Waals surface area contributed by atoms with Crippen LogP contribution < -0.4 is 10.6 Å². The molecule has 0 heterocycles. The molecule has 5 saturated carbocycles. The molecule has 0 aromatic rings. The van der Waals surface area contributed by atoms with Crippen molar-refractivity contribution in [2.75, 3.05) is 6.61 Å². The molecule has 0 unspecified atom stereocenters. The molecule has 35 heavy (non-hydrogen) atoms. The lowest BCUT2D eigenvalue weighted by Crippen LogP contribution is -2.84. The van der Waals surface area contributed by atoms with Gasteiger partial charge in [0.25, 0.3) is 0 Å². The molecule has 0 saturated heterocycles. The first-order valence-corrected chi connectivity index (χ1v) is 15.3. The highest BCUT2D eigenvalue weighted by Crippen LogP contribution is 2.60. The lowest BCUT2D eigenvalue weighted by Gasteiger charge is -2.70. The van der Waals surface area contributed by atoms with Crippen LogP contribution in [0.25, 0.3) is 0 Å². The third kappa shape index (κ3) is 8.20. The maximum absolute atomic E-state index is 13.1. The fourth-order valence-electron chi connectivity index (χ4n) is 7.31. The molecule has 2 bridgehead atoms. The zero-order chi connectivity index (χ0) is 24.4. The van der Waals surface area contributed by atoms with Crippen molar-refractivity contribution in [3.63, 3.8) is 0 Å². The van der Waals surface area contributed by atoms with Gasteiger partial charge in [-0.15, -0.1) is 0 Å². The van der Waals surface area contributed by atoms with Crippen molar-refractivity contribution in [3.8, 4) is 0 Å². The summed E-state index contributed by atoms with van der Waals surface area (Å²) in [4.78, 5) is 25.7. The zero-order valence-corrected chi connectivity index (χ0v) is 22.4. The van der Waals surface area contributed by atoms with E-state index in [9.17, 15) is 9.59 Å². The third-order valence-corrected chi connectivity index (χ3v) is 9.30. The van der Waals surface area contributed by atoms with Crippen molar-refractivity contribution in [2.45, 2.75) is 165 Å². The summed E-state index contributed by atoms with van der Waals surface area (Å²) >= 11 is 0. The first kappa shape index (κ1) is 26.9. The molecule has 0 atom stereocenters. The minimum absolute atomic E-state index is 0.0299. The average molecular weight is 489 g/mol. The van der Waals surface area contributed by atoms with Gasteiger partial charge in [-0.25, -0.2) is 0 Å². The normalized spacial score (nSPS) is 32.1. The maximum atomic E-state index is 13.1. The van der Waals surface area contributed by atoms with Crippen LogP contribution in [-0.2, 0) is 14.3 Å². The monoisotopic (exact) mass is 488 g/mol. The summed E-state index contributed by atoms with van der Waals surface area (Å²) in [6, 6.07) is 0. The predicted octanol–water partition coefficient (Wildman–Crippen LogP) is 6.72. The lowest BCUT2D eigenvalue weighted by atomic mass is 9.44. The van der Waals surface area contributed by atoms with Gasteiger partial charge in [0.05, 0.1) is 6.10 Å². The summed E-state index contributed by atoms with van der Waals surface area (Å²) in [5, 5.41) is 6.68. The van der Waals surface area contributed by atoms with Crippen LogP contribution in [-0.4, -0.2) is 35.6 Å². The van der Waals surface area contributed by atoms with Crippen LogP contribution >= 0.6 is 0 Å². The van der Waals surface area contributed by atoms with Crippen molar-refractivity contribution in [1.82, 2.24) is 10.6 Å². The molecule has 5 heteroatoms. The Balaban J connectivity index is 1.14. The van der Waals surface area contributed by atoms with Crippen LogP contribution in [0, 0.1) is 5.92 Å². The first-order valence-electron chi connectivity index (χ1n) is 15.3. The SMILES string of the molecule is O=C(COC1CCCCCCCCCC1)NC12CC(NC(=O)C3CCCCCCCCCC3)(C1)C2. The highest BCUT2D eigenvalue weighted by atomic mass is 16.5. The Bertz CT molecular complexity index is 635. The quantitative estimate of drug-likeness (QED) is 0.436. The number of nitrogens with one attached hydrogen (secondary N) is 2. The molecule has 200 valence electrons. The van der Waals surface area contributed by atoms with E-state index in [0.717, 1.165) is 44.9 Å². The van der Waals surface area contributed by atoms with Gasteiger partial charge in [-0.3, -0.25) is 9.59 Å².